The van der Waals surface area contributed by atoms with Crippen molar-refractivity contribution in [2.24, 2.45) is 5.73 Å². The van der Waals surface area contributed by atoms with E-state index in [1.165, 1.54) is 0 Å². The van der Waals surface area contributed by atoms with Crippen LogP contribution in [0.1, 0.15) is 18.5 Å². The third kappa shape index (κ3) is 3.84. The predicted octanol–water partition coefficient (Wildman–Crippen LogP) is 2.80. The van der Waals surface area contributed by atoms with Crippen LogP contribution in [0.25, 0.3) is 0 Å². The third-order valence-corrected chi connectivity index (χ3v) is 3.01. The van der Waals surface area contributed by atoms with E-state index in [9.17, 15) is 4.79 Å². The molecule has 4 nitrogen and oxygen atoms in total. The lowest BCUT2D eigenvalue weighted by Gasteiger charge is -2.06. The van der Waals surface area contributed by atoms with Crippen molar-refractivity contribution in [3.8, 4) is 0 Å². The second-order valence-electron chi connectivity index (χ2n) is 4.46. The molecule has 1 heterocycles. The van der Waals surface area contributed by atoms with Crippen molar-refractivity contribution >= 4 is 23.2 Å². The number of carbonyl (C=O) groups is 1. The van der Waals surface area contributed by atoms with Crippen LogP contribution in [0.3, 0.4) is 0 Å². The van der Waals surface area contributed by atoms with E-state index in [4.69, 9.17) is 17.3 Å². The standard InChI is InChI=1S/C14H16ClN3O/c1-10(16)11-6-7-18(8-11)9-14(19)17-13-4-2-12(15)3-5-13/h2-8,10H,9,16H2,1H3,(H,17,19). The Morgan fingerprint density at radius 2 is 2.05 bits per heavy atom. The first-order valence-corrected chi connectivity index (χ1v) is 6.39. The van der Waals surface area contributed by atoms with Crippen LogP contribution in [-0.4, -0.2) is 10.5 Å². The predicted molar refractivity (Wildman–Crippen MR) is 77.1 cm³/mol. The number of nitrogens with zero attached hydrogens (tertiary/aromatic N) is 1. The Balaban J connectivity index is 1.95. The van der Waals surface area contributed by atoms with Gasteiger partial charge in [-0.1, -0.05) is 11.6 Å². The first-order valence-electron chi connectivity index (χ1n) is 6.01. The van der Waals surface area contributed by atoms with E-state index >= 15 is 0 Å². The van der Waals surface area contributed by atoms with Crippen LogP contribution in [0.2, 0.25) is 5.02 Å². The Kier molecular flexibility index (Phi) is 4.24. The number of hydrogen-bond acceptors (Lipinski definition) is 2. The molecule has 0 bridgehead atoms. The van der Waals surface area contributed by atoms with Crippen LogP contribution >= 0.6 is 11.6 Å². The summed E-state index contributed by atoms with van der Waals surface area (Å²) in [5.74, 6) is -0.0888. The molecule has 1 amide bonds. The normalized spacial score (nSPS) is 12.2. The van der Waals surface area contributed by atoms with Crippen molar-refractivity contribution in [2.45, 2.75) is 19.5 Å². The van der Waals surface area contributed by atoms with Gasteiger partial charge in [-0.3, -0.25) is 4.79 Å². The van der Waals surface area contributed by atoms with Crippen molar-refractivity contribution in [1.82, 2.24) is 4.57 Å². The number of aromatic nitrogens is 1. The van der Waals surface area contributed by atoms with Crippen LogP contribution in [0.5, 0.6) is 0 Å². The van der Waals surface area contributed by atoms with Gasteiger partial charge in [0.2, 0.25) is 5.91 Å². The summed E-state index contributed by atoms with van der Waals surface area (Å²) in [5.41, 5.74) is 7.51. The molecule has 19 heavy (non-hydrogen) atoms. The highest BCUT2D eigenvalue weighted by atomic mass is 35.5. The number of halogens is 1. The molecule has 1 aromatic carbocycles. The van der Waals surface area contributed by atoms with Gasteiger partial charge in [0.25, 0.3) is 0 Å². The summed E-state index contributed by atoms with van der Waals surface area (Å²) in [6.07, 6.45) is 3.73. The molecule has 0 spiro atoms. The molecule has 5 heteroatoms. The van der Waals surface area contributed by atoms with Gasteiger partial charge in [-0.2, -0.15) is 0 Å². The fraction of sp³-hybridized carbons (Fsp3) is 0.214. The van der Waals surface area contributed by atoms with Crippen molar-refractivity contribution in [2.75, 3.05) is 5.32 Å². The van der Waals surface area contributed by atoms with Gasteiger partial charge in [-0.05, 0) is 42.8 Å². The molecule has 0 aliphatic carbocycles. The molecule has 1 aromatic heterocycles. The molecule has 0 saturated carbocycles. The quantitative estimate of drug-likeness (QED) is 0.903. The minimum Gasteiger partial charge on any atom is -0.345 e. The Morgan fingerprint density at radius 1 is 1.37 bits per heavy atom. The molecular weight excluding hydrogens is 262 g/mol. The van der Waals surface area contributed by atoms with E-state index in [1.54, 1.807) is 24.3 Å². The maximum absolute atomic E-state index is 11.8. The summed E-state index contributed by atoms with van der Waals surface area (Å²) in [7, 11) is 0. The summed E-state index contributed by atoms with van der Waals surface area (Å²) in [4.78, 5) is 11.8. The number of nitrogens with two attached hydrogens (primary N) is 1. The van der Waals surface area contributed by atoms with Crippen molar-refractivity contribution < 1.29 is 4.79 Å². The molecule has 0 aliphatic rings. The lowest BCUT2D eigenvalue weighted by atomic mass is 10.2. The first kappa shape index (κ1) is 13.6. The highest BCUT2D eigenvalue weighted by Crippen LogP contribution is 2.14. The number of rotatable bonds is 4. The van der Waals surface area contributed by atoms with E-state index < -0.39 is 0 Å². The zero-order chi connectivity index (χ0) is 13.8. The molecule has 1 unspecified atom stereocenters. The maximum atomic E-state index is 11.8. The fourth-order valence-electron chi connectivity index (χ4n) is 1.73. The number of anilines is 1. The van der Waals surface area contributed by atoms with Crippen LogP contribution in [0.15, 0.2) is 42.7 Å². The number of amides is 1. The van der Waals surface area contributed by atoms with Crippen molar-refractivity contribution in [3.63, 3.8) is 0 Å². The summed E-state index contributed by atoms with van der Waals surface area (Å²) in [6.45, 7) is 2.17. The molecule has 0 radical (unpaired) electrons. The van der Waals surface area contributed by atoms with E-state index in [0.717, 1.165) is 11.3 Å². The number of carbonyl (C=O) groups excluding carboxylic acids is 1. The minimum atomic E-state index is -0.0888. The summed E-state index contributed by atoms with van der Waals surface area (Å²) in [5, 5.41) is 3.45. The molecule has 0 aliphatic heterocycles. The Bertz CT molecular complexity index is 560. The van der Waals surface area contributed by atoms with Crippen LogP contribution in [0.4, 0.5) is 5.69 Å². The smallest absolute Gasteiger partial charge is 0.244 e. The summed E-state index contributed by atoms with van der Waals surface area (Å²) in [6, 6.07) is 8.90. The van der Waals surface area contributed by atoms with Gasteiger partial charge < -0.3 is 15.6 Å². The highest BCUT2D eigenvalue weighted by molar-refractivity contribution is 6.30. The topological polar surface area (TPSA) is 60.0 Å². The van der Waals surface area contributed by atoms with Crippen LogP contribution in [0, 0.1) is 0 Å². The van der Waals surface area contributed by atoms with E-state index in [-0.39, 0.29) is 18.5 Å². The van der Waals surface area contributed by atoms with Crippen molar-refractivity contribution in [1.29, 1.82) is 0 Å². The Labute approximate surface area is 117 Å². The molecule has 100 valence electrons. The van der Waals surface area contributed by atoms with Gasteiger partial charge in [0.15, 0.2) is 0 Å². The summed E-state index contributed by atoms with van der Waals surface area (Å²) >= 11 is 5.78. The van der Waals surface area contributed by atoms with Gasteiger partial charge in [-0.15, -0.1) is 0 Å². The molecule has 0 fully saturated rings. The molecular formula is C14H16ClN3O. The Hall–Kier alpha value is -1.78. The maximum Gasteiger partial charge on any atom is 0.244 e. The minimum absolute atomic E-state index is 0.0272. The second kappa shape index (κ2) is 5.91. The average Bonchev–Trinajstić information content (AvgIpc) is 2.80. The monoisotopic (exact) mass is 277 g/mol. The molecule has 2 rings (SSSR count). The molecule has 1 atom stereocenters. The summed E-state index contributed by atoms with van der Waals surface area (Å²) < 4.78 is 1.81. The lowest BCUT2D eigenvalue weighted by molar-refractivity contribution is -0.116. The zero-order valence-electron chi connectivity index (χ0n) is 10.6. The highest BCUT2D eigenvalue weighted by Gasteiger charge is 2.06. The molecule has 2 aromatic rings. The zero-order valence-corrected chi connectivity index (χ0v) is 11.4. The van der Waals surface area contributed by atoms with Gasteiger partial charge in [0.05, 0.1) is 0 Å². The lowest BCUT2D eigenvalue weighted by Crippen LogP contribution is -2.17. The Morgan fingerprint density at radius 3 is 2.63 bits per heavy atom. The van der Waals surface area contributed by atoms with E-state index in [1.807, 2.05) is 30.0 Å². The third-order valence-electron chi connectivity index (χ3n) is 2.75. The largest absolute Gasteiger partial charge is 0.345 e. The number of benzene rings is 1. The van der Waals surface area contributed by atoms with E-state index in [2.05, 4.69) is 5.32 Å². The van der Waals surface area contributed by atoms with Crippen LogP contribution < -0.4 is 11.1 Å². The van der Waals surface area contributed by atoms with Gasteiger partial charge in [0.1, 0.15) is 6.54 Å². The number of nitrogens with one attached hydrogen (secondary N) is 1. The van der Waals surface area contributed by atoms with E-state index in [0.29, 0.717) is 5.02 Å². The van der Waals surface area contributed by atoms with Crippen LogP contribution in [-0.2, 0) is 11.3 Å². The first-order chi connectivity index (χ1) is 9.04. The number of hydrogen-bond donors (Lipinski definition) is 2. The van der Waals surface area contributed by atoms with Gasteiger partial charge in [-0.25, -0.2) is 0 Å². The average molecular weight is 278 g/mol. The van der Waals surface area contributed by atoms with Crippen molar-refractivity contribution in [3.05, 3.63) is 53.3 Å². The van der Waals surface area contributed by atoms with Gasteiger partial charge >= 0.3 is 0 Å². The molecule has 0 saturated heterocycles. The second-order valence-corrected chi connectivity index (χ2v) is 4.90. The molecule has 3 N–H and O–H groups in total. The SMILES string of the molecule is CC(N)c1ccn(CC(=O)Nc2ccc(Cl)cc2)c1. The van der Waals surface area contributed by atoms with Gasteiger partial charge in [0, 0.05) is 29.1 Å². The fourth-order valence-corrected chi connectivity index (χ4v) is 1.85.